The Morgan fingerprint density at radius 2 is 2.07 bits per heavy atom. The second kappa shape index (κ2) is 4.18. The van der Waals surface area contributed by atoms with Gasteiger partial charge in [0, 0.05) is 18.5 Å². The predicted molar refractivity (Wildman–Crippen MR) is 54.9 cm³/mol. The third kappa shape index (κ3) is 2.47. The fourth-order valence-electron chi connectivity index (χ4n) is 2.03. The molecule has 0 bridgehead atoms. The molecule has 84 valence electrons. The summed E-state index contributed by atoms with van der Waals surface area (Å²) in [7, 11) is 0. The highest BCUT2D eigenvalue weighted by molar-refractivity contribution is 5.86. The number of hydrogen-bond acceptors (Lipinski definition) is 3. The van der Waals surface area contributed by atoms with E-state index in [0.29, 0.717) is 0 Å². The molecule has 1 saturated heterocycles. The van der Waals surface area contributed by atoms with E-state index in [1.807, 2.05) is 0 Å². The first-order valence-electron chi connectivity index (χ1n) is 5.48. The van der Waals surface area contributed by atoms with Crippen molar-refractivity contribution in [3.63, 3.8) is 0 Å². The molecule has 2 amide bonds. The van der Waals surface area contributed by atoms with Crippen molar-refractivity contribution in [2.75, 3.05) is 19.6 Å². The summed E-state index contributed by atoms with van der Waals surface area (Å²) >= 11 is 0. The van der Waals surface area contributed by atoms with Crippen LogP contribution in [-0.2, 0) is 9.59 Å². The van der Waals surface area contributed by atoms with Crippen molar-refractivity contribution in [2.45, 2.75) is 25.3 Å². The summed E-state index contributed by atoms with van der Waals surface area (Å²) in [6, 6.07) is 0.158. The van der Waals surface area contributed by atoms with Gasteiger partial charge in [-0.2, -0.15) is 0 Å². The van der Waals surface area contributed by atoms with E-state index >= 15 is 0 Å². The number of nitrogens with two attached hydrogens (primary N) is 1. The monoisotopic (exact) mass is 211 g/mol. The Balaban J connectivity index is 2.00. The third-order valence-electron chi connectivity index (χ3n) is 3.01. The zero-order valence-electron chi connectivity index (χ0n) is 8.74. The number of carbonyl (C=O) groups excluding carboxylic acids is 2. The molecule has 3 N–H and O–H groups in total. The van der Waals surface area contributed by atoms with Crippen molar-refractivity contribution in [3.8, 4) is 0 Å². The molecule has 15 heavy (non-hydrogen) atoms. The second-order valence-electron chi connectivity index (χ2n) is 4.35. The van der Waals surface area contributed by atoms with E-state index in [1.54, 1.807) is 4.90 Å². The van der Waals surface area contributed by atoms with Gasteiger partial charge in [-0.3, -0.25) is 9.59 Å². The Morgan fingerprint density at radius 1 is 1.33 bits per heavy atom. The molecule has 1 heterocycles. The van der Waals surface area contributed by atoms with Gasteiger partial charge < -0.3 is 16.0 Å². The van der Waals surface area contributed by atoms with Gasteiger partial charge in [0.1, 0.15) is 0 Å². The topological polar surface area (TPSA) is 75.4 Å². The zero-order valence-corrected chi connectivity index (χ0v) is 8.74. The first-order chi connectivity index (χ1) is 7.18. The number of nitrogens with one attached hydrogen (secondary N) is 1. The average Bonchev–Trinajstić information content (AvgIpc) is 2.90. The maximum atomic E-state index is 11.9. The normalized spacial score (nSPS) is 25.2. The number of primary amides is 1. The van der Waals surface area contributed by atoms with Crippen molar-refractivity contribution in [1.29, 1.82) is 0 Å². The van der Waals surface area contributed by atoms with E-state index in [-0.39, 0.29) is 24.4 Å². The lowest BCUT2D eigenvalue weighted by Crippen LogP contribution is -2.46. The molecule has 1 aliphatic carbocycles. The van der Waals surface area contributed by atoms with Crippen LogP contribution in [0.5, 0.6) is 0 Å². The van der Waals surface area contributed by atoms with Crippen LogP contribution < -0.4 is 11.1 Å². The van der Waals surface area contributed by atoms with E-state index in [0.717, 1.165) is 32.4 Å². The predicted octanol–water partition coefficient (Wildman–Crippen LogP) is -0.928. The lowest BCUT2D eigenvalue weighted by atomic mass is 10.2. The molecule has 5 heteroatoms. The quantitative estimate of drug-likeness (QED) is 0.631. The van der Waals surface area contributed by atoms with Crippen LogP contribution in [0.3, 0.4) is 0 Å². The van der Waals surface area contributed by atoms with E-state index in [9.17, 15) is 9.59 Å². The van der Waals surface area contributed by atoms with E-state index < -0.39 is 5.91 Å². The minimum atomic E-state index is -0.420. The third-order valence-corrected chi connectivity index (χ3v) is 3.01. The van der Waals surface area contributed by atoms with Crippen molar-refractivity contribution < 1.29 is 9.59 Å². The molecule has 0 spiro atoms. The Labute approximate surface area is 89.0 Å². The molecule has 0 aromatic rings. The number of nitrogens with zero attached hydrogens (tertiary/aromatic N) is 1. The molecule has 1 aliphatic heterocycles. The van der Waals surface area contributed by atoms with Crippen LogP contribution in [0.25, 0.3) is 0 Å². The molecule has 0 aromatic heterocycles. The molecule has 2 aliphatic rings. The SMILES string of the molecule is NC(=O)CN(C(=O)C1CC1)C1CCNC1. The smallest absolute Gasteiger partial charge is 0.237 e. The van der Waals surface area contributed by atoms with Gasteiger partial charge in [-0.05, 0) is 25.8 Å². The molecule has 1 unspecified atom stereocenters. The van der Waals surface area contributed by atoms with Gasteiger partial charge in [-0.15, -0.1) is 0 Å². The van der Waals surface area contributed by atoms with Gasteiger partial charge in [0.2, 0.25) is 11.8 Å². The van der Waals surface area contributed by atoms with Crippen LogP contribution in [0.15, 0.2) is 0 Å². The number of rotatable bonds is 4. The largest absolute Gasteiger partial charge is 0.368 e. The first-order valence-corrected chi connectivity index (χ1v) is 5.48. The Hall–Kier alpha value is -1.10. The van der Waals surface area contributed by atoms with Gasteiger partial charge in [0.25, 0.3) is 0 Å². The summed E-state index contributed by atoms with van der Waals surface area (Å²) in [5.74, 6) is -0.150. The van der Waals surface area contributed by atoms with E-state index in [2.05, 4.69) is 5.32 Å². The van der Waals surface area contributed by atoms with Gasteiger partial charge in [0.15, 0.2) is 0 Å². The minimum Gasteiger partial charge on any atom is -0.368 e. The summed E-state index contributed by atoms with van der Waals surface area (Å²) in [6.45, 7) is 1.77. The molecule has 2 rings (SSSR count). The highest BCUT2D eigenvalue weighted by atomic mass is 16.2. The van der Waals surface area contributed by atoms with Crippen molar-refractivity contribution in [2.24, 2.45) is 11.7 Å². The van der Waals surface area contributed by atoms with Crippen molar-refractivity contribution in [3.05, 3.63) is 0 Å². The minimum absolute atomic E-state index is 0.0711. The summed E-state index contributed by atoms with van der Waals surface area (Å²) < 4.78 is 0. The number of carbonyl (C=O) groups is 2. The summed E-state index contributed by atoms with van der Waals surface area (Å²) in [5, 5.41) is 3.19. The average molecular weight is 211 g/mol. The van der Waals surface area contributed by atoms with Crippen LogP contribution in [-0.4, -0.2) is 42.4 Å². The van der Waals surface area contributed by atoms with Crippen LogP contribution >= 0.6 is 0 Å². The summed E-state index contributed by atoms with van der Waals surface area (Å²) in [5.41, 5.74) is 5.17. The van der Waals surface area contributed by atoms with Crippen molar-refractivity contribution in [1.82, 2.24) is 10.2 Å². The van der Waals surface area contributed by atoms with Gasteiger partial charge in [0.05, 0.1) is 6.54 Å². The number of amides is 2. The van der Waals surface area contributed by atoms with Crippen LogP contribution in [0.1, 0.15) is 19.3 Å². The van der Waals surface area contributed by atoms with Crippen LogP contribution in [0, 0.1) is 5.92 Å². The molecule has 1 atom stereocenters. The number of hydrogen-bond donors (Lipinski definition) is 2. The second-order valence-corrected chi connectivity index (χ2v) is 4.35. The van der Waals surface area contributed by atoms with E-state index in [1.165, 1.54) is 0 Å². The van der Waals surface area contributed by atoms with Crippen molar-refractivity contribution >= 4 is 11.8 Å². The summed E-state index contributed by atoms with van der Waals surface area (Å²) in [6.07, 6.45) is 2.86. The van der Waals surface area contributed by atoms with Gasteiger partial charge in [-0.25, -0.2) is 0 Å². The Kier molecular flexibility index (Phi) is 2.90. The molecule has 1 saturated carbocycles. The van der Waals surface area contributed by atoms with Gasteiger partial charge in [-0.1, -0.05) is 0 Å². The molecule has 0 radical (unpaired) electrons. The van der Waals surface area contributed by atoms with Crippen LogP contribution in [0.2, 0.25) is 0 Å². The lowest BCUT2D eigenvalue weighted by Gasteiger charge is -2.27. The molecular formula is C10H17N3O2. The molecule has 5 nitrogen and oxygen atoms in total. The maximum Gasteiger partial charge on any atom is 0.237 e. The molecule has 2 fully saturated rings. The summed E-state index contributed by atoms with van der Waals surface area (Å²) in [4.78, 5) is 24.5. The fourth-order valence-corrected chi connectivity index (χ4v) is 2.03. The Morgan fingerprint density at radius 3 is 2.53 bits per heavy atom. The molecule has 0 aromatic carbocycles. The maximum absolute atomic E-state index is 11.9. The van der Waals surface area contributed by atoms with Crippen LogP contribution in [0.4, 0.5) is 0 Å². The highest BCUT2D eigenvalue weighted by Crippen LogP contribution is 2.32. The molecular weight excluding hydrogens is 194 g/mol. The highest BCUT2D eigenvalue weighted by Gasteiger charge is 2.37. The first kappa shape index (κ1) is 10.4. The Bertz CT molecular complexity index is 270. The standard InChI is InChI=1S/C10H17N3O2/c11-9(14)6-13(8-3-4-12-5-8)10(15)7-1-2-7/h7-8,12H,1-6H2,(H2,11,14). The van der Waals surface area contributed by atoms with E-state index in [4.69, 9.17) is 5.73 Å². The zero-order chi connectivity index (χ0) is 10.8. The van der Waals surface area contributed by atoms with Gasteiger partial charge >= 0.3 is 0 Å². The fraction of sp³-hybridized carbons (Fsp3) is 0.800. The lowest BCUT2D eigenvalue weighted by molar-refractivity contribution is -0.138.